The third-order valence-electron chi connectivity index (χ3n) is 4.49. The van der Waals surface area contributed by atoms with Gasteiger partial charge in [0.25, 0.3) is 0 Å². The van der Waals surface area contributed by atoms with E-state index in [4.69, 9.17) is 11.1 Å². The molecular weight excluding hydrogens is 226 g/mol. The summed E-state index contributed by atoms with van der Waals surface area (Å²) in [4.78, 5) is 2.38. The first-order chi connectivity index (χ1) is 8.58. The van der Waals surface area contributed by atoms with Crippen molar-refractivity contribution in [2.24, 2.45) is 24.6 Å². The van der Waals surface area contributed by atoms with E-state index in [2.05, 4.69) is 10.00 Å². The van der Waals surface area contributed by atoms with Crippen molar-refractivity contribution < 1.29 is 0 Å². The summed E-state index contributed by atoms with van der Waals surface area (Å²) >= 11 is 0. The van der Waals surface area contributed by atoms with E-state index in [1.165, 1.54) is 19.3 Å². The molecule has 1 aliphatic heterocycles. The van der Waals surface area contributed by atoms with Gasteiger partial charge in [-0.25, -0.2) is 0 Å². The van der Waals surface area contributed by atoms with Crippen LogP contribution in [0.25, 0.3) is 0 Å². The summed E-state index contributed by atoms with van der Waals surface area (Å²) in [6.45, 7) is 4.13. The smallest absolute Gasteiger partial charge is 0.137 e. The third-order valence-corrected chi connectivity index (χ3v) is 4.49. The van der Waals surface area contributed by atoms with Crippen LogP contribution in [0.3, 0.4) is 0 Å². The zero-order valence-corrected chi connectivity index (χ0v) is 11.1. The van der Waals surface area contributed by atoms with Crippen LogP contribution in [-0.2, 0) is 7.05 Å². The second-order valence-electron chi connectivity index (χ2n) is 5.68. The summed E-state index contributed by atoms with van der Waals surface area (Å²) in [7, 11) is 1.95. The summed E-state index contributed by atoms with van der Waals surface area (Å²) in [5.74, 6) is 2.84. The number of aryl methyl sites for hydroxylation is 2. The van der Waals surface area contributed by atoms with Gasteiger partial charge in [-0.15, -0.1) is 0 Å². The Bertz CT molecular complexity index is 478. The average molecular weight is 247 g/mol. The number of nitrogens with two attached hydrogens (primary N) is 1. The lowest BCUT2D eigenvalue weighted by Crippen LogP contribution is -2.26. The van der Waals surface area contributed by atoms with E-state index < -0.39 is 0 Å². The summed E-state index contributed by atoms with van der Waals surface area (Å²) in [6.07, 6.45) is 4.09. The number of nitrogens with zero attached hydrogens (tertiary/aromatic N) is 3. The van der Waals surface area contributed by atoms with Crippen LogP contribution in [0.15, 0.2) is 0 Å². The van der Waals surface area contributed by atoms with Crippen molar-refractivity contribution in [2.45, 2.75) is 26.2 Å². The minimum Gasteiger partial charge on any atom is -0.384 e. The topological polar surface area (TPSA) is 70.9 Å². The molecule has 2 heterocycles. The van der Waals surface area contributed by atoms with E-state index in [0.29, 0.717) is 0 Å². The van der Waals surface area contributed by atoms with E-state index in [1.807, 2.05) is 18.7 Å². The second kappa shape index (κ2) is 4.00. The highest BCUT2D eigenvalue weighted by Gasteiger charge is 2.38. The van der Waals surface area contributed by atoms with Gasteiger partial charge in [0.15, 0.2) is 0 Å². The fourth-order valence-electron chi connectivity index (χ4n) is 3.73. The zero-order chi connectivity index (χ0) is 12.9. The number of nitrogen functional groups attached to an aromatic ring is 1. The number of hydrogen-bond donors (Lipinski definition) is 2. The molecule has 3 rings (SSSR count). The molecule has 0 aromatic carbocycles. The van der Waals surface area contributed by atoms with Crippen LogP contribution in [0.2, 0.25) is 0 Å². The number of rotatable bonds is 2. The maximum Gasteiger partial charge on any atom is 0.137 e. The molecule has 18 heavy (non-hydrogen) atoms. The Morgan fingerprint density at radius 2 is 1.94 bits per heavy atom. The molecule has 0 radical (unpaired) electrons. The first kappa shape index (κ1) is 11.6. The number of hydrogen-bond acceptors (Lipinski definition) is 3. The van der Waals surface area contributed by atoms with Gasteiger partial charge in [0.05, 0.1) is 11.3 Å². The molecule has 3 N–H and O–H groups in total. The monoisotopic (exact) mass is 247 g/mol. The molecule has 2 unspecified atom stereocenters. The summed E-state index contributed by atoms with van der Waals surface area (Å²) < 4.78 is 1.88. The van der Waals surface area contributed by atoms with Crippen LogP contribution < -0.4 is 10.6 Å². The molecule has 1 saturated heterocycles. The number of fused-ring (bicyclic) bond motifs is 1. The van der Waals surface area contributed by atoms with Crippen molar-refractivity contribution in [2.75, 3.05) is 18.0 Å². The Kier molecular flexibility index (Phi) is 2.57. The Morgan fingerprint density at radius 1 is 1.33 bits per heavy atom. The van der Waals surface area contributed by atoms with E-state index >= 15 is 0 Å². The minimum atomic E-state index is 0.132. The predicted octanol–water partition coefficient (Wildman–Crippen LogP) is 1.25. The lowest BCUT2D eigenvalue weighted by Gasteiger charge is -2.21. The molecule has 1 aromatic heterocycles. The molecule has 2 atom stereocenters. The van der Waals surface area contributed by atoms with Gasteiger partial charge in [0.1, 0.15) is 11.7 Å². The molecule has 2 fully saturated rings. The maximum atomic E-state index is 7.75. The van der Waals surface area contributed by atoms with Gasteiger partial charge < -0.3 is 10.6 Å². The number of nitrogens with one attached hydrogen (secondary N) is 1. The highest BCUT2D eigenvalue weighted by molar-refractivity contribution is 6.01. The van der Waals surface area contributed by atoms with Crippen LogP contribution >= 0.6 is 0 Å². The van der Waals surface area contributed by atoms with Gasteiger partial charge in [-0.3, -0.25) is 10.1 Å². The predicted molar refractivity (Wildman–Crippen MR) is 72.0 cm³/mol. The molecule has 5 nitrogen and oxygen atoms in total. The first-order valence-corrected chi connectivity index (χ1v) is 6.71. The van der Waals surface area contributed by atoms with Crippen LogP contribution in [0, 0.1) is 24.2 Å². The van der Waals surface area contributed by atoms with Gasteiger partial charge >= 0.3 is 0 Å². The summed E-state index contributed by atoms with van der Waals surface area (Å²) in [5.41, 5.74) is 7.39. The average Bonchev–Trinajstić information content (AvgIpc) is 2.89. The highest BCUT2D eigenvalue weighted by Crippen LogP contribution is 2.40. The maximum absolute atomic E-state index is 7.75. The highest BCUT2D eigenvalue weighted by atomic mass is 15.4. The van der Waals surface area contributed by atoms with Crippen LogP contribution in [0.1, 0.15) is 30.5 Å². The van der Waals surface area contributed by atoms with Gasteiger partial charge in [-0.1, -0.05) is 6.42 Å². The van der Waals surface area contributed by atoms with Crippen molar-refractivity contribution >= 4 is 11.7 Å². The van der Waals surface area contributed by atoms with Crippen molar-refractivity contribution in [3.8, 4) is 0 Å². The van der Waals surface area contributed by atoms with E-state index in [1.54, 1.807) is 0 Å². The molecule has 1 aromatic rings. The quantitative estimate of drug-likeness (QED) is 0.610. The van der Waals surface area contributed by atoms with E-state index in [-0.39, 0.29) is 5.84 Å². The molecule has 5 heteroatoms. The molecule has 0 bridgehead atoms. The van der Waals surface area contributed by atoms with Gasteiger partial charge in [0.2, 0.25) is 0 Å². The Hall–Kier alpha value is -1.52. The van der Waals surface area contributed by atoms with Gasteiger partial charge in [-0.05, 0) is 31.6 Å². The van der Waals surface area contributed by atoms with Crippen molar-refractivity contribution in [1.29, 1.82) is 5.41 Å². The number of amidine groups is 1. The largest absolute Gasteiger partial charge is 0.384 e. The van der Waals surface area contributed by atoms with Crippen molar-refractivity contribution in [3.63, 3.8) is 0 Å². The molecule has 1 aliphatic carbocycles. The SMILES string of the molecule is Cc1nn(C)c(N2CC3CCCC3C2)c1C(=N)N. The molecule has 0 spiro atoms. The van der Waals surface area contributed by atoms with Crippen LogP contribution in [0.4, 0.5) is 5.82 Å². The first-order valence-electron chi connectivity index (χ1n) is 6.71. The fourth-order valence-corrected chi connectivity index (χ4v) is 3.73. The summed E-state index contributed by atoms with van der Waals surface area (Å²) in [6, 6.07) is 0. The Balaban J connectivity index is 1.95. The van der Waals surface area contributed by atoms with E-state index in [0.717, 1.165) is 42.0 Å². The summed E-state index contributed by atoms with van der Waals surface area (Å²) in [5, 5.41) is 12.2. The number of anilines is 1. The van der Waals surface area contributed by atoms with Crippen molar-refractivity contribution in [3.05, 3.63) is 11.3 Å². The lowest BCUT2D eigenvalue weighted by atomic mass is 10.0. The van der Waals surface area contributed by atoms with Gasteiger partial charge in [0, 0.05) is 20.1 Å². The molecule has 1 saturated carbocycles. The molecule has 0 amide bonds. The standard InChI is InChI=1S/C13H21N5/c1-8-11(12(14)15)13(17(2)16-8)18-6-9-4-3-5-10(9)7-18/h9-10H,3-7H2,1-2H3,(H3,14,15). The third kappa shape index (κ3) is 1.61. The molecule has 2 aliphatic rings. The number of aromatic nitrogens is 2. The Morgan fingerprint density at radius 3 is 2.50 bits per heavy atom. The lowest BCUT2D eigenvalue weighted by molar-refractivity contribution is 0.494. The van der Waals surface area contributed by atoms with Crippen molar-refractivity contribution in [1.82, 2.24) is 9.78 Å². The van der Waals surface area contributed by atoms with E-state index in [9.17, 15) is 0 Å². The zero-order valence-electron chi connectivity index (χ0n) is 11.1. The fraction of sp³-hybridized carbons (Fsp3) is 0.692. The van der Waals surface area contributed by atoms with Gasteiger partial charge in [-0.2, -0.15) is 5.10 Å². The van der Waals surface area contributed by atoms with Crippen LogP contribution in [-0.4, -0.2) is 28.7 Å². The second-order valence-corrected chi connectivity index (χ2v) is 5.68. The molecular formula is C13H21N5. The normalized spacial score (nSPS) is 26.7. The Labute approximate surface area is 107 Å². The molecule has 98 valence electrons. The minimum absolute atomic E-state index is 0.132. The van der Waals surface area contributed by atoms with Crippen LogP contribution in [0.5, 0.6) is 0 Å².